The molecule has 0 atom stereocenters. The van der Waals surface area contributed by atoms with Crippen molar-refractivity contribution in [1.29, 1.82) is 0 Å². The Hall–Kier alpha value is -3.10. The quantitative estimate of drug-likeness (QED) is 0.244. The number of piperidine rings is 1. The molecule has 186 valence electrons. The molecule has 2 heterocycles. The zero-order chi connectivity index (χ0) is 25.3. The molecular weight excluding hydrogens is 531 g/mol. The van der Waals surface area contributed by atoms with Crippen molar-refractivity contribution in [2.75, 3.05) is 18.4 Å². The first-order valence-corrected chi connectivity index (χ1v) is 12.6. The van der Waals surface area contributed by atoms with Gasteiger partial charge >= 0.3 is 6.18 Å². The molecule has 0 aliphatic carbocycles. The highest BCUT2D eigenvalue weighted by molar-refractivity contribution is 9.10. The number of hydrogen-bond acceptors (Lipinski definition) is 4. The highest BCUT2D eigenvalue weighted by atomic mass is 79.9. The Balaban J connectivity index is 1.55. The smallest absolute Gasteiger partial charge is 0.416 e. The monoisotopic (exact) mass is 555 g/mol. The summed E-state index contributed by atoms with van der Waals surface area (Å²) in [6, 6.07) is 16.8. The fraction of sp³-hybridized carbons (Fsp3) is 0.250. The van der Waals surface area contributed by atoms with Gasteiger partial charge in [0.2, 0.25) is 0 Å². The Labute approximate surface area is 215 Å². The van der Waals surface area contributed by atoms with E-state index < -0.39 is 11.7 Å². The maximum Gasteiger partial charge on any atom is 0.416 e. The third-order valence-corrected chi connectivity index (χ3v) is 7.06. The summed E-state index contributed by atoms with van der Waals surface area (Å²) in [6.07, 6.45) is 0.566. The minimum Gasteiger partial charge on any atom is -0.507 e. The van der Waals surface area contributed by atoms with Crippen molar-refractivity contribution < 1.29 is 18.3 Å². The summed E-state index contributed by atoms with van der Waals surface area (Å²) in [6.45, 7) is 2.60. The van der Waals surface area contributed by atoms with Crippen molar-refractivity contribution >= 4 is 38.2 Å². The molecule has 8 heteroatoms. The molecule has 3 aromatic carbocycles. The van der Waals surface area contributed by atoms with Crippen LogP contribution in [0.15, 0.2) is 71.3 Å². The van der Waals surface area contributed by atoms with Crippen molar-refractivity contribution in [3.8, 4) is 16.9 Å². The van der Waals surface area contributed by atoms with E-state index in [0.29, 0.717) is 23.2 Å². The fourth-order valence-electron chi connectivity index (χ4n) is 4.68. The lowest BCUT2D eigenvalue weighted by Crippen LogP contribution is -2.29. The first kappa shape index (κ1) is 24.6. The van der Waals surface area contributed by atoms with Crippen LogP contribution in [-0.2, 0) is 12.7 Å². The molecule has 0 saturated carbocycles. The fourth-order valence-corrected chi connectivity index (χ4v) is 4.95. The number of aromatic hydroxyl groups is 1. The van der Waals surface area contributed by atoms with E-state index in [2.05, 4.69) is 31.1 Å². The van der Waals surface area contributed by atoms with Gasteiger partial charge in [0.05, 0.1) is 11.1 Å². The highest BCUT2D eigenvalue weighted by Gasteiger charge is 2.30. The van der Waals surface area contributed by atoms with Crippen LogP contribution in [0, 0.1) is 0 Å². The minimum atomic E-state index is -4.43. The molecule has 0 spiro atoms. The Bertz CT molecular complexity index is 1380. The highest BCUT2D eigenvalue weighted by Crippen LogP contribution is 2.39. The molecule has 1 aromatic heterocycles. The number of aromatic nitrogens is 1. The summed E-state index contributed by atoms with van der Waals surface area (Å²) in [5, 5.41) is 15.2. The number of nitrogens with one attached hydrogen (secondary N) is 1. The van der Waals surface area contributed by atoms with E-state index in [0.717, 1.165) is 59.4 Å². The van der Waals surface area contributed by atoms with Crippen molar-refractivity contribution in [3.63, 3.8) is 0 Å². The van der Waals surface area contributed by atoms with Crippen LogP contribution < -0.4 is 5.32 Å². The van der Waals surface area contributed by atoms with Gasteiger partial charge in [-0.2, -0.15) is 13.2 Å². The van der Waals surface area contributed by atoms with Crippen molar-refractivity contribution in [2.24, 2.45) is 0 Å². The number of alkyl halides is 3. The van der Waals surface area contributed by atoms with E-state index in [9.17, 15) is 18.3 Å². The third-order valence-electron chi connectivity index (χ3n) is 6.54. The van der Waals surface area contributed by atoms with E-state index in [1.54, 1.807) is 6.07 Å². The molecule has 0 bridgehead atoms. The number of phenols is 1. The van der Waals surface area contributed by atoms with Gasteiger partial charge in [-0.25, -0.2) is 0 Å². The number of fused-ring (bicyclic) bond motifs is 1. The summed E-state index contributed by atoms with van der Waals surface area (Å²) < 4.78 is 40.5. The van der Waals surface area contributed by atoms with Gasteiger partial charge in [-0.3, -0.25) is 9.88 Å². The standard InChI is InChI=1S/C28H25BrF3N3O/c29-21-7-4-18(5-8-21)24-16-22(14-19(27(24)36)17-35-12-2-1-3-13-35)34-25-10-11-33-26-15-20(28(30,31)32)6-9-23(25)26/h4-11,14-16,36H,1-3,12-13,17H2,(H,33,34). The molecule has 0 unspecified atom stereocenters. The number of phenolic OH excluding ortho intramolecular Hbond substituents is 1. The topological polar surface area (TPSA) is 48.4 Å². The number of rotatable bonds is 5. The molecule has 1 fully saturated rings. The van der Waals surface area contributed by atoms with Crippen LogP contribution in [0.3, 0.4) is 0 Å². The molecule has 2 N–H and O–H groups in total. The van der Waals surface area contributed by atoms with Crippen molar-refractivity contribution in [1.82, 2.24) is 9.88 Å². The molecule has 5 rings (SSSR count). The number of anilines is 2. The summed E-state index contributed by atoms with van der Waals surface area (Å²) >= 11 is 3.46. The van der Waals surface area contributed by atoms with E-state index >= 15 is 0 Å². The molecule has 1 aliphatic heterocycles. The predicted octanol–water partition coefficient (Wildman–Crippen LogP) is 8.12. The normalized spacial score (nSPS) is 14.8. The van der Waals surface area contributed by atoms with Gasteiger partial charge in [0.15, 0.2) is 0 Å². The first-order chi connectivity index (χ1) is 17.3. The summed E-state index contributed by atoms with van der Waals surface area (Å²) in [7, 11) is 0. The number of likely N-dealkylation sites (tertiary alicyclic amines) is 1. The van der Waals surface area contributed by atoms with Crippen LogP contribution in [-0.4, -0.2) is 28.1 Å². The summed E-state index contributed by atoms with van der Waals surface area (Å²) in [5.74, 6) is 0.239. The number of halogens is 4. The molecule has 0 amide bonds. The summed E-state index contributed by atoms with van der Waals surface area (Å²) in [4.78, 5) is 6.49. The second-order valence-electron chi connectivity index (χ2n) is 9.09. The number of benzene rings is 3. The Morgan fingerprint density at radius 3 is 2.42 bits per heavy atom. The van der Waals surface area contributed by atoms with Crippen LogP contribution in [0.1, 0.15) is 30.4 Å². The van der Waals surface area contributed by atoms with Gasteiger partial charge in [-0.05, 0) is 74.0 Å². The SMILES string of the molecule is Oc1c(CN2CCCCC2)cc(Nc2ccnc3cc(C(F)(F)F)ccc23)cc1-c1ccc(Br)cc1. The van der Waals surface area contributed by atoms with Crippen molar-refractivity contribution in [3.05, 3.63) is 82.5 Å². The number of hydrogen-bond donors (Lipinski definition) is 2. The molecular formula is C28H25BrF3N3O. The average molecular weight is 556 g/mol. The van der Waals surface area contributed by atoms with Crippen LogP contribution in [0.2, 0.25) is 0 Å². The second-order valence-corrected chi connectivity index (χ2v) is 10.0. The van der Waals surface area contributed by atoms with Gasteiger partial charge in [0.25, 0.3) is 0 Å². The van der Waals surface area contributed by atoms with Crippen LogP contribution in [0.4, 0.5) is 24.5 Å². The van der Waals surface area contributed by atoms with Crippen LogP contribution >= 0.6 is 15.9 Å². The largest absolute Gasteiger partial charge is 0.507 e. The van der Waals surface area contributed by atoms with Gasteiger partial charge in [0, 0.05) is 45.1 Å². The summed E-state index contributed by atoms with van der Waals surface area (Å²) in [5.41, 5.74) is 3.28. The van der Waals surface area contributed by atoms with E-state index in [4.69, 9.17) is 0 Å². The van der Waals surface area contributed by atoms with E-state index in [1.807, 2.05) is 36.4 Å². The van der Waals surface area contributed by atoms with Crippen LogP contribution in [0.5, 0.6) is 5.75 Å². The Kier molecular flexibility index (Phi) is 6.90. The minimum absolute atomic E-state index is 0.239. The third kappa shape index (κ3) is 5.34. The average Bonchev–Trinajstić information content (AvgIpc) is 2.86. The van der Waals surface area contributed by atoms with Crippen LogP contribution in [0.25, 0.3) is 22.0 Å². The Morgan fingerprint density at radius 2 is 1.69 bits per heavy atom. The van der Waals surface area contributed by atoms with Gasteiger partial charge < -0.3 is 10.4 Å². The zero-order valence-electron chi connectivity index (χ0n) is 19.4. The van der Waals surface area contributed by atoms with Crippen molar-refractivity contribution in [2.45, 2.75) is 32.0 Å². The zero-order valence-corrected chi connectivity index (χ0v) is 21.0. The molecule has 1 aliphatic rings. The lowest BCUT2D eigenvalue weighted by molar-refractivity contribution is -0.137. The van der Waals surface area contributed by atoms with E-state index in [1.165, 1.54) is 18.7 Å². The Morgan fingerprint density at radius 1 is 0.944 bits per heavy atom. The molecule has 0 radical (unpaired) electrons. The molecule has 4 nitrogen and oxygen atoms in total. The molecule has 4 aromatic rings. The van der Waals surface area contributed by atoms with Gasteiger partial charge in [-0.15, -0.1) is 0 Å². The molecule has 1 saturated heterocycles. The lowest BCUT2D eigenvalue weighted by Gasteiger charge is -2.27. The lowest BCUT2D eigenvalue weighted by atomic mass is 9.99. The maximum atomic E-state index is 13.2. The first-order valence-electron chi connectivity index (χ1n) is 11.8. The maximum absolute atomic E-state index is 13.2. The molecule has 36 heavy (non-hydrogen) atoms. The number of pyridine rings is 1. The predicted molar refractivity (Wildman–Crippen MR) is 140 cm³/mol. The van der Waals surface area contributed by atoms with Gasteiger partial charge in [-0.1, -0.05) is 40.5 Å². The number of nitrogens with zero attached hydrogens (tertiary/aromatic N) is 2. The second kappa shape index (κ2) is 10.1. The van der Waals surface area contributed by atoms with Gasteiger partial charge in [0.1, 0.15) is 5.75 Å². The van der Waals surface area contributed by atoms with E-state index in [-0.39, 0.29) is 11.3 Å².